The molecule has 0 spiro atoms. The summed E-state index contributed by atoms with van der Waals surface area (Å²) >= 11 is 0. The molecule has 4 aromatic rings. The molecular formula is C28H26N2O4S. The van der Waals surface area contributed by atoms with Gasteiger partial charge in [0.1, 0.15) is 12.4 Å². The molecule has 0 aliphatic heterocycles. The van der Waals surface area contributed by atoms with Crippen LogP contribution >= 0.6 is 0 Å². The fraction of sp³-hybridized carbons (Fsp3) is 0.143. The molecule has 3 aromatic carbocycles. The number of aromatic nitrogens is 1. The molecule has 1 heterocycles. The maximum atomic E-state index is 12.8. The van der Waals surface area contributed by atoms with Gasteiger partial charge in [0.05, 0.1) is 22.4 Å². The molecule has 178 valence electrons. The normalized spacial score (nSPS) is 12.0. The first-order valence-corrected chi connectivity index (χ1v) is 12.9. The van der Waals surface area contributed by atoms with Crippen LogP contribution in [0.15, 0.2) is 108 Å². The molecule has 0 saturated heterocycles. The van der Waals surface area contributed by atoms with Gasteiger partial charge in [-0.2, -0.15) is 0 Å². The van der Waals surface area contributed by atoms with Crippen molar-refractivity contribution in [2.24, 2.45) is 0 Å². The van der Waals surface area contributed by atoms with Gasteiger partial charge < -0.3 is 10.1 Å². The Labute approximate surface area is 205 Å². The van der Waals surface area contributed by atoms with Crippen LogP contribution in [-0.4, -0.2) is 19.3 Å². The van der Waals surface area contributed by atoms with Crippen LogP contribution in [0.4, 0.5) is 0 Å². The van der Waals surface area contributed by atoms with E-state index in [4.69, 9.17) is 4.74 Å². The van der Waals surface area contributed by atoms with Gasteiger partial charge in [0.15, 0.2) is 9.84 Å². The van der Waals surface area contributed by atoms with Gasteiger partial charge in [0.2, 0.25) is 0 Å². The van der Waals surface area contributed by atoms with E-state index < -0.39 is 9.84 Å². The summed E-state index contributed by atoms with van der Waals surface area (Å²) in [5, 5.41) is 2.98. The molecular weight excluding hydrogens is 460 g/mol. The SMILES string of the molecule is CC(NC(=O)c1ccc(CS(=O)(=O)c2ccccc2)cc1)c1cccc(OCc2ccccn2)c1. The molecule has 0 aliphatic rings. The van der Waals surface area contributed by atoms with Gasteiger partial charge in [-0.3, -0.25) is 9.78 Å². The van der Waals surface area contributed by atoms with Crippen LogP contribution in [0.2, 0.25) is 0 Å². The molecule has 7 heteroatoms. The lowest BCUT2D eigenvalue weighted by Crippen LogP contribution is -2.26. The van der Waals surface area contributed by atoms with E-state index in [0.717, 1.165) is 11.3 Å². The van der Waals surface area contributed by atoms with E-state index in [-0.39, 0.29) is 22.6 Å². The van der Waals surface area contributed by atoms with Crippen LogP contribution in [0, 0.1) is 0 Å². The van der Waals surface area contributed by atoms with E-state index in [0.29, 0.717) is 23.5 Å². The standard InChI is InChI=1S/C28H26N2O4S/c1-21(24-8-7-10-26(18-24)34-19-25-9-5-6-17-29-25)30-28(31)23-15-13-22(14-16-23)20-35(32,33)27-11-3-2-4-12-27/h2-18,21H,19-20H2,1H3,(H,30,31). The van der Waals surface area contributed by atoms with Gasteiger partial charge >= 0.3 is 0 Å². The van der Waals surface area contributed by atoms with Crippen LogP contribution < -0.4 is 10.1 Å². The Morgan fingerprint density at radius 2 is 1.66 bits per heavy atom. The molecule has 6 nitrogen and oxygen atoms in total. The molecule has 0 saturated carbocycles. The van der Waals surface area contributed by atoms with Crippen LogP contribution in [0.5, 0.6) is 5.75 Å². The summed E-state index contributed by atoms with van der Waals surface area (Å²) in [6.45, 7) is 2.26. The highest BCUT2D eigenvalue weighted by Crippen LogP contribution is 2.21. The number of hydrogen-bond donors (Lipinski definition) is 1. The number of pyridine rings is 1. The number of nitrogens with one attached hydrogen (secondary N) is 1. The minimum Gasteiger partial charge on any atom is -0.487 e. The van der Waals surface area contributed by atoms with Gasteiger partial charge in [-0.1, -0.05) is 48.5 Å². The minimum atomic E-state index is -3.44. The second-order valence-corrected chi connectivity index (χ2v) is 10.1. The van der Waals surface area contributed by atoms with Gasteiger partial charge in [-0.15, -0.1) is 0 Å². The maximum absolute atomic E-state index is 12.8. The molecule has 0 bridgehead atoms. The fourth-order valence-electron chi connectivity index (χ4n) is 3.56. The third-order valence-electron chi connectivity index (χ3n) is 5.49. The second kappa shape index (κ2) is 11.0. The van der Waals surface area contributed by atoms with Crippen molar-refractivity contribution in [2.45, 2.75) is 30.2 Å². The van der Waals surface area contributed by atoms with Crippen molar-refractivity contribution in [3.05, 3.63) is 126 Å². The number of carbonyl (C=O) groups excluding carboxylic acids is 1. The van der Waals surface area contributed by atoms with Crippen molar-refractivity contribution in [2.75, 3.05) is 0 Å². The number of ether oxygens (including phenoxy) is 1. The molecule has 1 N–H and O–H groups in total. The van der Waals surface area contributed by atoms with Crippen LogP contribution in [0.1, 0.15) is 40.1 Å². The maximum Gasteiger partial charge on any atom is 0.251 e. The summed E-state index contributed by atoms with van der Waals surface area (Å²) in [5.74, 6) is 0.327. The third kappa shape index (κ3) is 6.55. The van der Waals surface area contributed by atoms with E-state index in [1.165, 1.54) is 0 Å². The smallest absolute Gasteiger partial charge is 0.251 e. The van der Waals surface area contributed by atoms with Gasteiger partial charge in [-0.25, -0.2) is 8.42 Å². The Bertz CT molecular complexity index is 1370. The average Bonchev–Trinajstić information content (AvgIpc) is 2.89. The van der Waals surface area contributed by atoms with Gasteiger partial charge in [0, 0.05) is 11.8 Å². The van der Waals surface area contributed by atoms with E-state index >= 15 is 0 Å². The molecule has 1 aromatic heterocycles. The lowest BCUT2D eigenvalue weighted by atomic mass is 10.1. The fourth-order valence-corrected chi connectivity index (χ4v) is 4.93. The van der Waals surface area contributed by atoms with Gasteiger partial charge in [-0.05, 0) is 66.6 Å². The topological polar surface area (TPSA) is 85.4 Å². The Morgan fingerprint density at radius 1 is 0.914 bits per heavy atom. The summed E-state index contributed by atoms with van der Waals surface area (Å²) in [7, 11) is -3.44. The molecule has 0 fully saturated rings. The zero-order valence-corrected chi connectivity index (χ0v) is 20.1. The number of hydrogen-bond acceptors (Lipinski definition) is 5. The summed E-state index contributed by atoms with van der Waals surface area (Å²) in [6.07, 6.45) is 1.72. The van der Waals surface area contributed by atoms with E-state index in [2.05, 4.69) is 10.3 Å². The van der Waals surface area contributed by atoms with Crippen LogP contribution in [0.3, 0.4) is 0 Å². The Kier molecular flexibility index (Phi) is 7.57. The number of carbonyl (C=O) groups is 1. The molecule has 0 aliphatic carbocycles. The zero-order valence-electron chi connectivity index (χ0n) is 19.3. The lowest BCUT2D eigenvalue weighted by molar-refractivity contribution is 0.0939. The number of amides is 1. The number of benzene rings is 3. The summed E-state index contributed by atoms with van der Waals surface area (Å²) in [5.41, 5.74) is 2.82. The second-order valence-electron chi connectivity index (χ2n) is 8.15. The van der Waals surface area contributed by atoms with Crippen molar-refractivity contribution in [1.29, 1.82) is 0 Å². The van der Waals surface area contributed by atoms with Crippen LogP contribution in [-0.2, 0) is 22.2 Å². The predicted molar refractivity (Wildman–Crippen MR) is 135 cm³/mol. The highest BCUT2D eigenvalue weighted by Gasteiger charge is 2.16. The quantitative estimate of drug-likeness (QED) is 0.355. The molecule has 1 unspecified atom stereocenters. The molecule has 4 rings (SSSR count). The van der Waals surface area contributed by atoms with Crippen molar-refractivity contribution >= 4 is 15.7 Å². The molecule has 1 amide bonds. The van der Waals surface area contributed by atoms with E-state index in [1.807, 2.05) is 49.4 Å². The third-order valence-corrected chi connectivity index (χ3v) is 7.20. The molecule has 1 atom stereocenters. The van der Waals surface area contributed by atoms with Gasteiger partial charge in [0.25, 0.3) is 5.91 Å². The lowest BCUT2D eigenvalue weighted by Gasteiger charge is -2.16. The van der Waals surface area contributed by atoms with Crippen molar-refractivity contribution in [1.82, 2.24) is 10.3 Å². The highest BCUT2D eigenvalue weighted by atomic mass is 32.2. The first-order chi connectivity index (χ1) is 16.9. The zero-order chi connectivity index (χ0) is 24.7. The molecule has 0 radical (unpaired) electrons. The Balaban J connectivity index is 1.36. The largest absolute Gasteiger partial charge is 0.487 e. The number of nitrogens with zero attached hydrogens (tertiary/aromatic N) is 1. The Morgan fingerprint density at radius 3 is 2.37 bits per heavy atom. The summed E-state index contributed by atoms with van der Waals surface area (Å²) in [6, 6.07) is 27.9. The first kappa shape index (κ1) is 24.2. The number of rotatable bonds is 9. The first-order valence-electron chi connectivity index (χ1n) is 11.2. The summed E-state index contributed by atoms with van der Waals surface area (Å²) < 4.78 is 31.0. The van der Waals surface area contributed by atoms with Crippen molar-refractivity contribution < 1.29 is 17.9 Å². The average molecular weight is 487 g/mol. The van der Waals surface area contributed by atoms with Crippen LogP contribution in [0.25, 0.3) is 0 Å². The van der Waals surface area contributed by atoms with E-state index in [9.17, 15) is 13.2 Å². The minimum absolute atomic E-state index is 0.124. The molecule has 35 heavy (non-hydrogen) atoms. The van der Waals surface area contributed by atoms with E-state index in [1.54, 1.807) is 60.8 Å². The predicted octanol–water partition coefficient (Wildman–Crippen LogP) is 5.13. The van der Waals surface area contributed by atoms with Crippen molar-refractivity contribution in [3.8, 4) is 5.75 Å². The number of sulfone groups is 1. The summed E-state index contributed by atoms with van der Waals surface area (Å²) in [4.78, 5) is 17.3. The Hall–Kier alpha value is -3.97. The highest BCUT2D eigenvalue weighted by molar-refractivity contribution is 7.90. The monoisotopic (exact) mass is 486 g/mol. The van der Waals surface area contributed by atoms with Crippen molar-refractivity contribution in [3.63, 3.8) is 0 Å².